The summed E-state index contributed by atoms with van der Waals surface area (Å²) in [6.07, 6.45) is 8.78. The van der Waals surface area contributed by atoms with Crippen molar-refractivity contribution in [1.29, 1.82) is 0 Å². The third-order valence-electron chi connectivity index (χ3n) is 3.04. The molecule has 1 aromatic rings. The molecule has 1 aliphatic carbocycles. The van der Waals surface area contributed by atoms with Gasteiger partial charge in [0.25, 0.3) is 0 Å². The molecule has 1 atom stereocenters. The number of hydrogen-bond acceptors (Lipinski definition) is 2. The lowest BCUT2D eigenvalue weighted by molar-refractivity contribution is 0.112. The van der Waals surface area contributed by atoms with Crippen LogP contribution < -0.4 is 0 Å². The van der Waals surface area contributed by atoms with E-state index in [0.29, 0.717) is 6.04 Å². The fourth-order valence-electron chi connectivity index (χ4n) is 2.17. The van der Waals surface area contributed by atoms with Crippen molar-refractivity contribution < 1.29 is 4.79 Å². The van der Waals surface area contributed by atoms with Gasteiger partial charge in [0.05, 0.1) is 17.3 Å². The molecule has 3 heteroatoms. The molecule has 2 rings (SSSR count). The minimum Gasteiger partial charge on any atom is -0.298 e. The molecule has 0 spiro atoms. The molecule has 0 bridgehead atoms. The average Bonchev–Trinajstić information content (AvgIpc) is 2.55. The van der Waals surface area contributed by atoms with E-state index >= 15 is 0 Å². The first-order chi connectivity index (χ1) is 7.24. The molecule has 15 heavy (non-hydrogen) atoms. The van der Waals surface area contributed by atoms with Gasteiger partial charge < -0.3 is 0 Å². The van der Waals surface area contributed by atoms with Crippen molar-refractivity contribution in [2.75, 3.05) is 0 Å². The SMILES string of the molecule is Cc1nn(C2C=CCCC2)c(C)c1C=O. The summed E-state index contributed by atoms with van der Waals surface area (Å²) in [4.78, 5) is 10.9. The maximum absolute atomic E-state index is 10.9. The molecule has 3 nitrogen and oxygen atoms in total. The first-order valence-electron chi connectivity index (χ1n) is 5.41. The molecular formula is C12H16N2O. The number of carbonyl (C=O) groups is 1. The maximum Gasteiger partial charge on any atom is 0.153 e. The second kappa shape index (κ2) is 4.01. The molecule has 0 aromatic carbocycles. The Kier molecular flexibility index (Phi) is 2.71. The summed E-state index contributed by atoms with van der Waals surface area (Å²) in [5.74, 6) is 0. The van der Waals surface area contributed by atoms with E-state index in [1.165, 1.54) is 6.42 Å². The summed E-state index contributed by atoms with van der Waals surface area (Å²) in [6.45, 7) is 3.85. The van der Waals surface area contributed by atoms with Crippen LogP contribution in [0.1, 0.15) is 47.1 Å². The highest BCUT2D eigenvalue weighted by Gasteiger charge is 2.17. The molecular weight excluding hydrogens is 188 g/mol. The fraction of sp³-hybridized carbons (Fsp3) is 0.500. The first-order valence-corrected chi connectivity index (χ1v) is 5.41. The van der Waals surface area contributed by atoms with Crippen LogP contribution in [0.2, 0.25) is 0 Å². The van der Waals surface area contributed by atoms with Gasteiger partial charge in [-0.05, 0) is 33.1 Å². The van der Waals surface area contributed by atoms with Crippen molar-refractivity contribution in [3.63, 3.8) is 0 Å². The monoisotopic (exact) mass is 204 g/mol. The number of rotatable bonds is 2. The smallest absolute Gasteiger partial charge is 0.153 e. The summed E-state index contributed by atoms with van der Waals surface area (Å²) in [5, 5.41) is 4.44. The standard InChI is InChI=1S/C12H16N2O/c1-9-12(8-15)10(2)14(13-9)11-6-4-3-5-7-11/h4,6,8,11H,3,5,7H2,1-2H3. The number of aldehydes is 1. The summed E-state index contributed by atoms with van der Waals surface area (Å²) < 4.78 is 1.98. The molecule has 0 radical (unpaired) electrons. The van der Waals surface area contributed by atoms with Gasteiger partial charge in [-0.15, -0.1) is 0 Å². The highest BCUT2D eigenvalue weighted by molar-refractivity contribution is 5.78. The minimum atomic E-state index is 0.339. The van der Waals surface area contributed by atoms with Gasteiger partial charge in [0.2, 0.25) is 0 Å². The lowest BCUT2D eigenvalue weighted by Gasteiger charge is -2.18. The van der Waals surface area contributed by atoms with E-state index in [0.717, 1.165) is 36.1 Å². The Balaban J connectivity index is 2.39. The summed E-state index contributed by atoms with van der Waals surface area (Å²) in [5.41, 5.74) is 2.56. The van der Waals surface area contributed by atoms with Gasteiger partial charge in [-0.2, -0.15) is 5.10 Å². The van der Waals surface area contributed by atoms with Crippen LogP contribution in [-0.4, -0.2) is 16.1 Å². The third kappa shape index (κ3) is 1.74. The molecule has 0 aliphatic heterocycles. The van der Waals surface area contributed by atoms with Crippen LogP contribution >= 0.6 is 0 Å². The zero-order valence-electron chi connectivity index (χ0n) is 9.23. The number of nitrogens with zero attached hydrogens (tertiary/aromatic N) is 2. The Bertz CT molecular complexity index is 404. The van der Waals surface area contributed by atoms with Gasteiger partial charge in [0, 0.05) is 5.69 Å². The van der Waals surface area contributed by atoms with Gasteiger partial charge in [-0.25, -0.2) is 0 Å². The summed E-state index contributed by atoms with van der Waals surface area (Å²) in [7, 11) is 0. The Morgan fingerprint density at radius 2 is 2.33 bits per heavy atom. The van der Waals surface area contributed by atoms with E-state index in [1.807, 2.05) is 18.5 Å². The molecule has 80 valence electrons. The molecule has 0 saturated heterocycles. The van der Waals surface area contributed by atoms with E-state index in [9.17, 15) is 4.79 Å². The zero-order chi connectivity index (χ0) is 10.8. The molecule has 0 amide bonds. The van der Waals surface area contributed by atoms with Crippen molar-refractivity contribution in [2.24, 2.45) is 0 Å². The van der Waals surface area contributed by atoms with E-state index in [2.05, 4.69) is 17.3 Å². The minimum absolute atomic E-state index is 0.339. The largest absolute Gasteiger partial charge is 0.298 e. The van der Waals surface area contributed by atoms with Gasteiger partial charge in [-0.3, -0.25) is 9.48 Å². The third-order valence-corrected chi connectivity index (χ3v) is 3.04. The van der Waals surface area contributed by atoms with Crippen molar-refractivity contribution in [3.05, 3.63) is 29.1 Å². The van der Waals surface area contributed by atoms with E-state index in [4.69, 9.17) is 0 Å². The number of carbonyl (C=O) groups excluding carboxylic acids is 1. The van der Waals surface area contributed by atoms with Crippen molar-refractivity contribution in [2.45, 2.75) is 39.2 Å². The zero-order valence-corrected chi connectivity index (χ0v) is 9.23. The van der Waals surface area contributed by atoms with Crippen LogP contribution in [-0.2, 0) is 0 Å². The predicted octanol–water partition coefficient (Wildman–Crippen LogP) is 2.59. The van der Waals surface area contributed by atoms with E-state index in [1.54, 1.807) is 0 Å². The summed E-state index contributed by atoms with van der Waals surface area (Å²) >= 11 is 0. The lowest BCUT2D eigenvalue weighted by Crippen LogP contribution is -2.12. The van der Waals surface area contributed by atoms with Crippen molar-refractivity contribution >= 4 is 6.29 Å². The second-order valence-corrected chi connectivity index (χ2v) is 4.07. The Hall–Kier alpha value is -1.38. The average molecular weight is 204 g/mol. The number of allylic oxidation sites excluding steroid dienone is 2. The van der Waals surface area contributed by atoms with E-state index < -0.39 is 0 Å². The Labute approximate surface area is 89.8 Å². The van der Waals surface area contributed by atoms with Gasteiger partial charge in [0.15, 0.2) is 6.29 Å². The van der Waals surface area contributed by atoms with E-state index in [-0.39, 0.29) is 0 Å². The van der Waals surface area contributed by atoms with Crippen LogP contribution in [0, 0.1) is 13.8 Å². The van der Waals surface area contributed by atoms with Crippen LogP contribution in [0.25, 0.3) is 0 Å². The second-order valence-electron chi connectivity index (χ2n) is 4.07. The molecule has 1 unspecified atom stereocenters. The molecule has 1 aliphatic rings. The maximum atomic E-state index is 10.9. The lowest BCUT2D eigenvalue weighted by atomic mass is 10.0. The summed E-state index contributed by atoms with van der Waals surface area (Å²) in [6, 6.07) is 0.339. The van der Waals surface area contributed by atoms with Crippen LogP contribution in [0.4, 0.5) is 0 Å². The highest BCUT2D eigenvalue weighted by atomic mass is 16.1. The Morgan fingerprint density at radius 1 is 1.53 bits per heavy atom. The van der Waals surface area contributed by atoms with Crippen molar-refractivity contribution in [1.82, 2.24) is 9.78 Å². The van der Waals surface area contributed by atoms with Crippen LogP contribution in [0.5, 0.6) is 0 Å². The topological polar surface area (TPSA) is 34.9 Å². The molecule has 0 N–H and O–H groups in total. The fourth-order valence-corrected chi connectivity index (χ4v) is 2.17. The normalized spacial score (nSPS) is 20.5. The highest BCUT2D eigenvalue weighted by Crippen LogP contribution is 2.24. The number of hydrogen-bond donors (Lipinski definition) is 0. The molecule has 0 fully saturated rings. The van der Waals surface area contributed by atoms with Crippen LogP contribution in [0.3, 0.4) is 0 Å². The van der Waals surface area contributed by atoms with Gasteiger partial charge in [0.1, 0.15) is 0 Å². The first kappa shape index (κ1) is 10.1. The predicted molar refractivity (Wildman–Crippen MR) is 59.1 cm³/mol. The quantitative estimate of drug-likeness (QED) is 0.548. The van der Waals surface area contributed by atoms with Crippen LogP contribution in [0.15, 0.2) is 12.2 Å². The number of aryl methyl sites for hydroxylation is 1. The molecule has 1 aromatic heterocycles. The molecule has 1 heterocycles. The van der Waals surface area contributed by atoms with Gasteiger partial charge >= 0.3 is 0 Å². The Morgan fingerprint density at radius 3 is 2.87 bits per heavy atom. The number of aromatic nitrogens is 2. The molecule has 0 saturated carbocycles. The van der Waals surface area contributed by atoms with Gasteiger partial charge in [-0.1, -0.05) is 12.2 Å². The van der Waals surface area contributed by atoms with Crippen molar-refractivity contribution in [3.8, 4) is 0 Å².